The topological polar surface area (TPSA) is 78.9 Å². The summed E-state index contributed by atoms with van der Waals surface area (Å²) in [6.07, 6.45) is 8.45. The van der Waals surface area contributed by atoms with E-state index in [1.165, 1.54) is 12.8 Å². The van der Waals surface area contributed by atoms with E-state index < -0.39 is 0 Å². The average Bonchev–Trinajstić information content (AvgIpc) is 3.44. The number of aliphatic imine (C=N–C) groups is 1. The highest BCUT2D eigenvalue weighted by Crippen LogP contribution is 2.38. The molecule has 0 atom stereocenters. The van der Waals surface area contributed by atoms with E-state index in [1.807, 2.05) is 39.3 Å². The van der Waals surface area contributed by atoms with E-state index in [0.29, 0.717) is 19.0 Å². The lowest BCUT2D eigenvalue weighted by Crippen LogP contribution is -2.49. The van der Waals surface area contributed by atoms with Crippen LogP contribution in [0.3, 0.4) is 0 Å². The minimum absolute atomic E-state index is 0.212. The molecular formula is C22H35N5O2. The van der Waals surface area contributed by atoms with Gasteiger partial charge in [0, 0.05) is 39.4 Å². The second-order valence-corrected chi connectivity index (χ2v) is 8.49. The first-order valence-corrected chi connectivity index (χ1v) is 10.8. The quantitative estimate of drug-likeness (QED) is 0.491. The van der Waals surface area contributed by atoms with Crippen molar-refractivity contribution in [3.05, 3.63) is 23.9 Å². The first kappa shape index (κ1) is 21.4. The lowest BCUT2D eigenvalue weighted by molar-refractivity contribution is -0.138. The Kier molecular flexibility index (Phi) is 7.34. The largest absolute Gasteiger partial charge is 0.477 e. The molecule has 2 aliphatic rings. The van der Waals surface area contributed by atoms with Crippen LogP contribution >= 0.6 is 0 Å². The van der Waals surface area contributed by atoms with Crippen LogP contribution in [-0.4, -0.2) is 55.5 Å². The Morgan fingerprint density at radius 3 is 2.62 bits per heavy atom. The Balaban J connectivity index is 1.56. The minimum Gasteiger partial charge on any atom is -0.477 e. The normalized spacial score (nSPS) is 18.4. The van der Waals surface area contributed by atoms with E-state index >= 15 is 0 Å². The molecule has 3 rings (SSSR count). The minimum atomic E-state index is -0.318. The molecule has 0 spiro atoms. The number of carbonyl (C=O) groups excluding carboxylic acids is 1. The number of rotatable bonds is 9. The van der Waals surface area contributed by atoms with Gasteiger partial charge < -0.3 is 20.3 Å². The SMILES string of the molecule is CCNC(=NCc1ccc(OCC2CC2)nc1)NCC1(C(=O)N(C)C)CCCC1. The summed E-state index contributed by atoms with van der Waals surface area (Å²) in [5.74, 6) is 2.35. The molecule has 1 aromatic rings. The van der Waals surface area contributed by atoms with Crippen LogP contribution < -0.4 is 15.4 Å². The highest BCUT2D eigenvalue weighted by molar-refractivity contribution is 5.85. The number of ether oxygens (including phenoxy) is 1. The molecule has 7 heteroatoms. The molecule has 1 amide bonds. The Morgan fingerprint density at radius 2 is 2.03 bits per heavy atom. The van der Waals surface area contributed by atoms with Gasteiger partial charge in [-0.3, -0.25) is 4.79 Å². The fraction of sp³-hybridized carbons (Fsp3) is 0.682. The fourth-order valence-corrected chi connectivity index (χ4v) is 3.83. The molecule has 1 heterocycles. The molecule has 7 nitrogen and oxygen atoms in total. The summed E-state index contributed by atoms with van der Waals surface area (Å²) in [5.41, 5.74) is 0.711. The molecule has 0 bridgehead atoms. The third-order valence-electron chi connectivity index (χ3n) is 5.74. The molecule has 2 saturated carbocycles. The van der Waals surface area contributed by atoms with Crippen molar-refractivity contribution in [1.82, 2.24) is 20.5 Å². The van der Waals surface area contributed by atoms with Crippen molar-refractivity contribution in [1.29, 1.82) is 0 Å². The number of aromatic nitrogens is 1. The number of carbonyl (C=O) groups is 1. The Labute approximate surface area is 174 Å². The molecule has 0 radical (unpaired) electrons. The summed E-state index contributed by atoms with van der Waals surface area (Å²) in [4.78, 5) is 23.5. The summed E-state index contributed by atoms with van der Waals surface area (Å²) in [5, 5.41) is 6.69. The lowest BCUT2D eigenvalue weighted by Gasteiger charge is -2.31. The molecule has 0 saturated heterocycles. The second kappa shape index (κ2) is 9.94. The van der Waals surface area contributed by atoms with E-state index in [0.717, 1.165) is 56.3 Å². The van der Waals surface area contributed by atoms with Gasteiger partial charge in [0.05, 0.1) is 18.6 Å². The molecule has 1 aromatic heterocycles. The third kappa shape index (κ3) is 6.08. The summed E-state index contributed by atoms with van der Waals surface area (Å²) in [6.45, 7) is 4.72. The number of nitrogens with zero attached hydrogens (tertiary/aromatic N) is 3. The van der Waals surface area contributed by atoms with Crippen molar-refractivity contribution < 1.29 is 9.53 Å². The Hall–Kier alpha value is -2.31. The van der Waals surface area contributed by atoms with Crippen LogP contribution in [0.2, 0.25) is 0 Å². The molecular weight excluding hydrogens is 366 g/mol. The van der Waals surface area contributed by atoms with Crippen LogP contribution in [0.5, 0.6) is 5.88 Å². The summed E-state index contributed by atoms with van der Waals surface area (Å²) in [6, 6.07) is 3.92. The molecule has 2 N–H and O–H groups in total. The number of guanidine groups is 1. The van der Waals surface area contributed by atoms with E-state index in [2.05, 4.69) is 20.6 Å². The van der Waals surface area contributed by atoms with Crippen LogP contribution in [0.25, 0.3) is 0 Å². The molecule has 2 aliphatic carbocycles. The number of nitrogens with one attached hydrogen (secondary N) is 2. The highest BCUT2D eigenvalue weighted by Gasteiger charge is 2.42. The van der Waals surface area contributed by atoms with E-state index in [1.54, 1.807) is 4.90 Å². The molecule has 2 fully saturated rings. The van der Waals surface area contributed by atoms with Gasteiger partial charge in [0.1, 0.15) is 0 Å². The van der Waals surface area contributed by atoms with Crippen molar-refractivity contribution in [3.63, 3.8) is 0 Å². The Morgan fingerprint density at radius 1 is 1.28 bits per heavy atom. The van der Waals surface area contributed by atoms with Gasteiger partial charge in [-0.25, -0.2) is 9.98 Å². The number of hydrogen-bond acceptors (Lipinski definition) is 4. The van der Waals surface area contributed by atoms with Crippen LogP contribution in [-0.2, 0) is 11.3 Å². The van der Waals surface area contributed by atoms with Gasteiger partial charge >= 0.3 is 0 Å². The highest BCUT2D eigenvalue weighted by atomic mass is 16.5. The van der Waals surface area contributed by atoms with Crippen molar-refractivity contribution in [3.8, 4) is 5.88 Å². The number of amides is 1. The van der Waals surface area contributed by atoms with Gasteiger partial charge in [-0.05, 0) is 44.1 Å². The average molecular weight is 402 g/mol. The number of hydrogen-bond donors (Lipinski definition) is 2. The van der Waals surface area contributed by atoms with Gasteiger partial charge in [0.15, 0.2) is 5.96 Å². The van der Waals surface area contributed by atoms with Crippen LogP contribution in [0.15, 0.2) is 23.3 Å². The molecule has 29 heavy (non-hydrogen) atoms. The van der Waals surface area contributed by atoms with Gasteiger partial charge in [-0.15, -0.1) is 0 Å². The van der Waals surface area contributed by atoms with Crippen molar-refractivity contribution in [2.75, 3.05) is 33.8 Å². The third-order valence-corrected chi connectivity index (χ3v) is 5.74. The zero-order valence-corrected chi connectivity index (χ0v) is 18.0. The number of pyridine rings is 1. The zero-order valence-electron chi connectivity index (χ0n) is 18.0. The van der Waals surface area contributed by atoms with Gasteiger partial charge in [0.25, 0.3) is 0 Å². The van der Waals surface area contributed by atoms with Gasteiger partial charge in [0.2, 0.25) is 11.8 Å². The zero-order chi connectivity index (χ0) is 20.7. The molecule has 0 aliphatic heterocycles. The fourth-order valence-electron chi connectivity index (χ4n) is 3.83. The van der Waals surface area contributed by atoms with E-state index in [9.17, 15) is 4.79 Å². The predicted molar refractivity (Wildman–Crippen MR) is 115 cm³/mol. The molecule has 0 unspecified atom stereocenters. The van der Waals surface area contributed by atoms with Crippen molar-refractivity contribution >= 4 is 11.9 Å². The van der Waals surface area contributed by atoms with Crippen LogP contribution in [0.4, 0.5) is 0 Å². The van der Waals surface area contributed by atoms with Crippen LogP contribution in [0, 0.1) is 11.3 Å². The standard InChI is InChI=1S/C22H35N5O2/c1-4-23-21(26-16-22(11-5-6-12-22)20(28)27(2)3)25-14-18-9-10-19(24-13-18)29-15-17-7-8-17/h9-10,13,17H,4-8,11-12,14-16H2,1-3H3,(H2,23,25,26). The maximum Gasteiger partial charge on any atom is 0.230 e. The lowest BCUT2D eigenvalue weighted by atomic mass is 9.84. The summed E-state index contributed by atoms with van der Waals surface area (Å²) in [7, 11) is 3.68. The maximum absolute atomic E-state index is 12.8. The van der Waals surface area contributed by atoms with E-state index in [-0.39, 0.29) is 11.3 Å². The van der Waals surface area contributed by atoms with Gasteiger partial charge in [-0.1, -0.05) is 18.9 Å². The first-order valence-electron chi connectivity index (χ1n) is 10.8. The Bertz CT molecular complexity index is 692. The predicted octanol–water partition coefficient (Wildman–Crippen LogP) is 2.57. The van der Waals surface area contributed by atoms with E-state index in [4.69, 9.17) is 4.74 Å². The van der Waals surface area contributed by atoms with Crippen LogP contribution in [0.1, 0.15) is 51.0 Å². The first-order chi connectivity index (χ1) is 14.0. The van der Waals surface area contributed by atoms with Crippen molar-refractivity contribution in [2.45, 2.75) is 52.0 Å². The maximum atomic E-state index is 12.8. The molecule has 0 aromatic carbocycles. The monoisotopic (exact) mass is 401 g/mol. The van der Waals surface area contributed by atoms with Gasteiger partial charge in [-0.2, -0.15) is 0 Å². The summed E-state index contributed by atoms with van der Waals surface area (Å²) < 4.78 is 5.69. The second-order valence-electron chi connectivity index (χ2n) is 8.49. The smallest absolute Gasteiger partial charge is 0.230 e. The molecule has 160 valence electrons. The van der Waals surface area contributed by atoms with Crippen molar-refractivity contribution in [2.24, 2.45) is 16.3 Å². The summed E-state index contributed by atoms with van der Waals surface area (Å²) >= 11 is 0.